The highest BCUT2D eigenvalue weighted by Gasteiger charge is 2.30. The molecule has 112 valence electrons. The average molecular weight is 328 g/mol. The van der Waals surface area contributed by atoms with Crippen LogP contribution >= 0.6 is 23.6 Å². The van der Waals surface area contributed by atoms with Gasteiger partial charge in [0.1, 0.15) is 15.3 Å². The monoisotopic (exact) mass is 328 g/mol. The number of benzene rings is 1. The van der Waals surface area contributed by atoms with E-state index in [0.717, 1.165) is 32.7 Å². The molecule has 3 aromatic rings. The van der Waals surface area contributed by atoms with Crippen molar-refractivity contribution in [1.29, 1.82) is 0 Å². The van der Waals surface area contributed by atoms with Gasteiger partial charge < -0.3 is 9.72 Å². The molecule has 0 saturated heterocycles. The summed E-state index contributed by atoms with van der Waals surface area (Å²) in [5, 5.41) is 1.10. The normalized spacial score (nSPS) is 16.6. The molecule has 1 aromatic carbocycles. The Balaban J connectivity index is 1.93. The lowest BCUT2D eigenvalue weighted by Gasteiger charge is -2.30. The van der Waals surface area contributed by atoms with Gasteiger partial charge in [-0.15, -0.1) is 11.3 Å². The smallest absolute Gasteiger partial charge is 0.140 e. The third kappa shape index (κ3) is 2.29. The number of H-pyrrole nitrogens is 1. The molecule has 1 N–H and O–H groups in total. The number of ether oxygens (including phenoxy) is 1. The highest BCUT2D eigenvalue weighted by atomic mass is 32.1. The van der Waals surface area contributed by atoms with Crippen LogP contribution in [0.25, 0.3) is 21.6 Å². The fraction of sp³-hybridized carbons (Fsp3) is 0.294. The van der Waals surface area contributed by atoms with Crippen LogP contribution in [-0.4, -0.2) is 15.6 Å². The molecule has 22 heavy (non-hydrogen) atoms. The van der Waals surface area contributed by atoms with E-state index in [-0.39, 0.29) is 5.60 Å². The number of aromatic amines is 1. The van der Waals surface area contributed by atoms with Gasteiger partial charge in [0.25, 0.3) is 0 Å². The van der Waals surface area contributed by atoms with Crippen molar-refractivity contribution < 1.29 is 4.74 Å². The number of thiophene rings is 1. The zero-order valence-corrected chi connectivity index (χ0v) is 14.1. The lowest BCUT2D eigenvalue weighted by atomic mass is 9.95. The van der Waals surface area contributed by atoms with Crippen molar-refractivity contribution in [3.8, 4) is 11.4 Å². The van der Waals surface area contributed by atoms with Gasteiger partial charge in [-0.25, -0.2) is 4.98 Å². The third-order valence-corrected chi connectivity index (χ3v) is 5.39. The number of nitrogens with zero attached hydrogens (tertiary/aromatic N) is 1. The molecule has 5 heteroatoms. The number of nitrogens with one attached hydrogen (secondary N) is 1. The van der Waals surface area contributed by atoms with Gasteiger partial charge in [0.15, 0.2) is 0 Å². The predicted octanol–water partition coefficient (Wildman–Crippen LogP) is 4.87. The summed E-state index contributed by atoms with van der Waals surface area (Å²) in [5.74, 6) is 0.830. The molecule has 0 bridgehead atoms. The Bertz CT molecular complexity index is 910. The SMILES string of the molecule is CC1(C)Cc2c(sc3nc(-c4ccccc4)[nH]c(=S)c23)CO1. The summed E-state index contributed by atoms with van der Waals surface area (Å²) in [6, 6.07) is 10.1. The fourth-order valence-corrected chi connectivity index (χ4v) is 4.38. The third-order valence-electron chi connectivity index (χ3n) is 3.99. The maximum Gasteiger partial charge on any atom is 0.140 e. The maximum atomic E-state index is 5.91. The Hall–Kier alpha value is -1.56. The maximum absolute atomic E-state index is 5.91. The quantitative estimate of drug-likeness (QED) is 0.647. The van der Waals surface area contributed by atoms with E-state index in [1.54, 1.807) is 11.3 Å². The Morgan fingerprint density at radius 1 is 1.27 bits per heavy atom. The van der Waals surface area contributed by atoms with Crippen LogP contribution in [0.3, 0.4) is 0 Å². The Morgan fingerprint density at radius 3 is 2.82 bits per heavy atom. The molecule has 4 rings (SSSR count). The highest BCUT2D eigenvalue weighted by molar-refractivity contribution is 7.71. The summed E-state index contributed by atoms with van der Waals surface area (Å²) in [6.07, 6.45) is 0.881. The molecule has 0 aliphatic carbocycles. The van der Waals surface area contributed by atoms with Crippen molar-refractivity contribution in [3.05, 3.63) is 45.4 Å². The van der Waals surface area contributed by atoms with Crippen molar-refractivity contribution in [2.45, 2.75) is 32.5 Å². The van der Waals surface area contributed by atoms with Gasteiger partial charge in [-0.1, -0.05) is 42.5 Å². The van der Waals surface area contributed by atoms with E-state index in [4.69, 9.17) is 21.9 Å². The Labute approximate surface area is 138 Å². The number of aromatic nitrogens is 2. The van der Waals surface area contributed by atoms with Gasteiger partial charge in [-0.2, -0.15) is 0 Å². The van der Waals surface area contributed by atoms with Crippen molar-refractivity contribution in [2.24, 2.45) is 0 Å². The zero-order valence-electron chi connectivity index (χ0n) is 12.5. The van der Waals surface area contributed by atoms with E-state index in [9.17, 15) is 0 Å². The molecule has 2 aromatic heterocycles. The average Bonchev–Trinajstić information content (AvgIpc) is 2.85. The van der Waals surface area contributed by atoms with E-state index in [2.05, 4.69) is 18.8 Å². The van der Waals surface area contributed by atoms with Gasteiger partial charge in [0.05, 0.1) is 12.2 Å². The molecular formula is C17H16N2OS2. The van der Waals surface area contributed by atoms with Gasteiger partial charge >= 0.3 is 0 Å². The van der Waals surface area contributed by atoms with E-state index in [0.29, 0.717) is 6.61 Å². The van der Waals surface area contributed by atoms with E-state index in [1.807, 2.05) is 30.3 Å². The molecule has 0 unspecified atom stereocenters. The van der Waals surface area contributed by atoms with Crippen molar-refractivity contribution in [2.75, 3.05) is 0 Å². The van der Waals surface area contributed by atoms with Crippen LogP contribution in [0, 0.1) is 4.64 Å². The van der Waals surface area contributed by atoms with Crippen LogP contribution < -0.4 is 0 Å². The lowest BCUT2D eigenvalue weighted by molar-refractivity contribution is -0.0379. The number of rotatable bonds is 1. The minimum atomic E-state index is -0.138. The summed E-state index contributed by atoms with van der Waals surface area (Å²) in [4.78, 5) is 10.4. The molecule has 0 amide bonds. The van der Waals surface area contributed by atoms with E-state index < -0.39 is 0 Å². The first-order chi connectivity index (χ1) is 10.5. The van der Waals surface area contributed by atoms with Crippen molar-refractivity contribution in [3.63, 3.8) is 0 Å². The summed E-state index contributed by atoms with van der Waals surface area (Å²) in [7, 11) is 0. The first-order valence-corrected chi connectivity index (χ1v) is 8.50. The predicted molar refractivity (Wildman–Crippen MR) is 92.8 cm³/mol. The van der Waals surface area contributed by atoms with E-state index >= 15 is 0 Å². The second-order valence-electron chi connectivity index (χ2n) is 6.19. The molecule has 1 aliphatic rings. The summed E-state index contributed by atoms with van der Waals surface area (Å²) in [6.45, 7) is 4.90. The Kier molecular flexibility index (Phi) is 3.18. The summed E-state index contributed by atoms with van der Waals surface area (Å²) < 4.78 is 6.69. The molecular weight excluding hydrogens is 312 g/mol. The molecule has 1 aliphatic heterocycles. The van der Waals surface area contributed by atoms with Gasteiger partial charge in [-0.3, -0.25) is 0 Å². The Morgan fingerprint density at radius 2 is 2.05 bits per heavy atom. The van der Waals surface area contributed by atoms with Crippen LogP contribution in [0.5, 0.6) is 0 Å². The minimum Gasteiger partial charge on any atom is -0.370 e. The van der Waals surface area contributed by atoms with Gasteiger partial charge in [0.2, 0.25) is 0 Å². The zero-order chi connectivity index (χ0) is 15.3. The lowest BCUT2D eigenvalue weighted by Crippen LogP contribution is -2.30. The summed E-state index contributed by atoms with van der Waals surface area (Å²) in [5.41, 5.74) is 2.23. The van der Waals surface area contributed by atoms with Crippen molar-refractivity contribution in [1.82, 2.24) is 9.97 Å². The van der Waals surface area contributed by atoms with Crippen LogP contribution in [0.2, 0.25) is 0 Å². The second kappa shape index (κ2) is 4.98. The molecule has 0 spiro atoms. The molecule has 0 fully saturated rings. The number of fused-ring (bicyclic) bond motifs is 3. The molecule has 3 heterocycles. The van der Waals surface area contributed by atoms with Crippen LogP contribution in [0.1, 0.15) is 24.3 Å². The summed E-state index contributed by atoms with van der Waals surface area (Å²) >= 11 is 7.33. The van der Waals surface area contributed by atoms with Crippen LogP contribution in [0.15, 0.2) is 30.3 Å². The van der Waals surface area contributed by atoms with Crippen LogP contribution in [-0.2, 0) is 17.8 Å². The first-order valence-electron chi connectivity index (χ1n) is 7.27. The van der Waals surface area contributed by atoms with Crippen LogP contribution in [0.4, 0.5) is 0 Å². The fourth-order valence-electron chi connectivity index (χ4n) is 2.88. The molecule has 0 radical (unpaired) electrons. The van der Waals surface area contributed by atoms with Gasteiger partial charge in [-0.05, 0) is 19.4 Å². The highest BCUT2D eigenvalue weighted by Crippen LogP contribution is 2.39. The van der Waals surface area contributed by atoms with E-state index in [1.165, 1.54) is 10.4 Å². The standard InChI is InChI=1S/C17H16N2OS2/c1-17(2)8-11-12(9-20-17)22-16-13(11)15(21)18-14(19-16)10-6-4-3-5-7-10/h3-7H,8-9H2,1-2H3,(H,18,19,21). The number of hydrogen-bond donors (Lipinski definition) is 1. The molecule has 0 atom stereocenters. The van der Waals surface area contributed by atoms with Gasteiger partial charge in [0, 0.05) is 22.2 Å². The van der Waals surface area contributed by atoms with Crippen molar-refractivity contribution >= 4 is 33.8 Å². The largest absolute Gasteiger partial charge is 0.370 e. The molecule has 0 saturated carbocycles. The molecule has 3 nitrogen and oxygen atoms in total. The minimum absolute atomic E-state index is 0.138. The topological polar surface area (TPSA) is 37.9 Å². The first kappa shape index (κ1) is 14.1. The second-order valence-corrected chi connectivity index (χ2v) is 7.68. The number of hydrogen-bond acceptors (Lipinski definition) is 4.